The third-order valence-corrected chi connectivity index (χ3v) is 2.28. The number of carbonyl (C=O) groups excluding carboxylic acids is 1. The summed E-state index contributed by atoms with van der Waals surface area (Å²) in [6.07, 6.45) is 0.0626. The van der Waals surface area contributed by atoms with Gasteiger partial charge in [0.05, 0.1) is 18.7 Å². The molecule has 0 saturated carbocycles. The molecule has 1 unspecified atom stereocenters. The van der Waals surface area contributed by atoms with E-state index in [-0.39, 0.29) is 18.3 Å². The maximum atomic E-state index is 11.4. The molecule has 1 aliphatic heterocycles. The van der Waals surface area contributed by atoms with Crippen LogP contribution in [0.3, 0.4) is 0 Å². The molecule has 1 atom stereocenters. The standard InChI is InChI=1S/C9H9ClN2O2/c1-5-2-9(10)12-11-6(5)3-7(13)8-4-14-8/h2,8H,3-4H2,1H3. The van der Waals surface area contributed by atoms with Crippen molar-refractivity contribution in [3.63, 3.8) is 0 Å². The highest BCUT2D eigenvalue weighted by Gasteiger charge is 2.31. The Morgan fingerprint density at radius 1 is 1.71 bits per heavy atom. The van der Waals surface area contributed by atoms with Crippen molar-refractivity contribution in [2.75, 3.05) is 6.61 Å². The summed E-state index contributed by atoms with van der Waals surface area (Å²) < 4.78 is 4.88. The number of carbonyl (C=O) groups is 1. The molecule has 1 saturated heterocycles. The Balaban J connectivity index is 2.11. The number of ketones is 1. The van der Waals surface area contributed by atoms with E-state index in [2.05, 4.69) is 10.2 Å². The van der Waals surface area contributed by atoms with Crippen LogP contribution in [0.25, 0.3) is 0 Å². The van der Waals surface area contributed by atoms with Crippen molar-refractivity contribution in [2.45, 2.75) is 19.4 Å². The van der Waals surface area contributed by atoms with Crippen LogP contribution in [-0.4, -0.2) is 28.7 Å². The van der Waals surface area contributed by atoms with E-state index >= 15 is 0 Å². The fraction of sp³-hybridized carbons (Fsp3) is 0.444. The van der Waals surface area contributed by atoms with Gasteiger partial charge in [0.1, 0.15) is 6.10 Å². The van der Waals surface area contributed by atoms with Gasteiger partial charge in [0.15, 0.2) is 10.9 Å². The molecule has 0 aromatic carbocycles. The van der Waals surface area contributed by atoms with Crippen LogP contribution in [0, 0.1) is 6.92 Å². The van der Waals surface area contributed by atoms with Crippen LogP contribution >= 0.6 is 11.6 Å². The Morgan fingerprint density at radius 2 is 2.43 bits per heavy atom. The zero-order valence-electron chi connectivity index (χ0n) is 7.66. The first-order chi connectivity index (χ1) is 6.66. The number of ether oxygens (including phenoxy) is 1. The summed E-state index contributed by atoms with van der Waals surface area (Å²) in [5.41, 5.74) is 1.56. The summed E-state index contributed by atoms with van der Waals surface area (Å²) in [5.74, 6) is 0.0599. The van der Waals surface area contributed by atoms with Gasteiger partial charge in [0.2, 0.25) is 0 Å². The molecule has 0 radical (unpaired) electrons. The fourth-order valence-electron chi connectivity index (χ4n) is 1.17. The molecule has 1 aromatic rings. The van der Waals surface area contributed by atoms with Gasteiger partial charge in [-0.25, -0.2) is 0 Å². The molecule has 4 nitrogen and oxygen atoms in total. The lowest BCUT2D eigenvalue weighted by Gasteiger charge is -2.01. The van der Waals surface area contributed by atoms with Gasteiger partial charge in [0.25, 0.3) is 0 Å². The second-order valence-electron chi connectivity index (χ2n) is 3.26. The topological polar surface area (TPSA) is 55.4 Å². The van der Waals surface area contributed by atoms with E-state index in [0.29, 0.717) is 17.5 Å². The highest BCUT2D eigenvalue weighted by molar-refractivity contribution is 6.29. The van der Waals surface area contributed by atoms with Crippen molar-refractivity contribution in [1.82, 2.24) is 10.2 Å². The van der Waals surface area contributed by atoms with Crippen molar-refractivity contribution in [1.29, 1.82) is 0 Å². The summed E-state index contributed by atoms with van der Waals surface area (Å²) in [4.78, 5) is 11.4. The average molecular weight is 213 g/mol. The summed E-state index contributed by atoms with van der Waals surface area (Å²) in [7, 11) is 0. The first-order valence-corrected chi connectivity index (χ1v) is 4.67. The van der Waals surface area contributed by atoms with Gasteiger partial charge in [-0.05, 0) is 18.6 Å². The van der Waals surface area contributed by atoms with Gasteiger partial charge in [0, 0.05) is 0 Å². The van der Waals surface area contributed by atoms with Gasteiger partial charge in [-0.15, -0.1) is 5.10 Å². The zero-order chi connectivity index (χ0) is 10.1. The molecule has 1 aromatic heterocycles. The molecule has 1 aliphatic rings. The first-order valence-electron chi connectivity index (χ1n) is 4.30. The number of aryl methyl sites for hydroxylation is 1. The van der Waals surface area contributed by atoms with E-state index in [1.807, 2.05) is 6.92 Å². The minimum absolute atomic E-state index is 0.0599. The summed E-state index contributed by atoms with van der Waals surface area (Å²) in [6, 6.07) is 1.70. The average Bonchev–Trinajstić information content (AvgIpc) is 2.92. The lowest BCUT2D eigenvalue weighted by atomic mass is 10.1. The van der Waals surface area contributed by atoms with Crippen molar-refractivity contribution >= 4 is 17.4 Å². The maximum absolute atomic E-state index is 11.4. The minimum Gasteiger partial charge on any atom is -0.365 e. The van der Waals surface area contributed by atoms with Crippen LogP contribution in [-0.2, 0) is 16.0 Å². The Labute approximate surface area is 86.2 Å². The summed E-state index contributed by atoms with van der Waals surface area (Å²) in [5, 5.41) is 7.91. The zero-order valence-corrected chi connectivity index (χ0v) is 8.41. The number of aromatic nitrogens is 2. The Kier molecular flexibility index (Phi) is 2.48. The van der Waals surface area contributed by atoms with E-state index in [9.17, 15) is 4.79 Å². The number of hydrogen-bond donors (Lipinski definition) is 0. The van der Waals surface area contributed by atoms with Gasteiger partial charge < -0.3 is 4.74 Å². The normalized spacial score (nSPS) is 19.4. The molecule has 0 spiro atoms. The number of hydrogen-bond acceptors (Lipinski definition) is 4. The number of halogens is 1. The molecule has 0 amide bonds. The summed E-state index contributed by atoms with van der Waals surface area (Å²) >= 11 is 5.65. The van der Waals surface area contributed by atoms with Crippen LogP contribution in [0.1, 0.15) is 11.3 Å². The van der Waals surface area contributed by atoms with E-state index < -0.39 is 0 Å². The van der Waals surface area contributed by atoms with E-state index in [1.165, 1.54) is 0 Å². The van der Waals surface area contributed by atoms with Gasteiger partial charge in [-0.2, -0.15) is 5.10 Å². The number of Topliss-reactive ketones (excluding diaryl/α,β-unsaturated/α-hetero) is 1. The lowest BCUT2D eigenvalue weighted by molar-refractivity contribution is -0.119. The summed E-state index contributed by atoms with van der Waals surface area (Å²) in [6.45, 7) is 2.40. The van der Waals surface area contributed by atoms with Crippen LogP contribution in [0.15, 0.2) is 6.07 Å². The van der Waals surface area contributed by atoms with Crippen LogP contribution < -0.4 is 0 Å². The highest BCUT2D eigenvalue weighted by Crippen LogP contribution is 2.15. The highest BCUT2D eigenvalue weighted by atomic mass is 35.5. The minimum atomic E-state index is -0.216. The van der Waals surface area contributed by atoms with Crippen LogP contribution in [0.4, 0.5) is 0 Å². The smallest absolute Gasteiger partial charge is 0.169 e. The Bertz CT molecular complexity index is 377. The molecule has 0 aliphatic carbocycles. The van der Waals surface area contributed by atoms with Gasteiger partial charge in [-0.3, -0.25) is 4.79 Å². The predicted molar refractivity (Wildman–Crippen MR) is 50.2 cm³/mol. The Morgan fingerprint density at radius 3 is 3.00 bits per heavy atom. The SMILES string of the molecule is Cc1cc(Cl)nnc1CC(=O)C1CO1. The largest absolute Gasteiger partial charge is 0.365 e. The quantitative estimate of drug-likeness (QED) is 0.700. The van der Waals surface area contributed by atoms with Crippen LogP contribution in [0.5, 0.6) is 0 Å². The number of epoxide rings is 1. The second-order valence-corrected chi connectivity index (χ2v) is 3.65. The van der Waals surface area contributed by atoms with Crippen LogP contribution in [0.2, 0.25) is 5.15 Å². The number of nitrogens with zero attached hydrogens (tertiary/aromatic N) is 2. The van der Waals surface area contributed by atoms with E-state index in [4.69, 9.17) is 16.3 Å². The van der Waals surface area contributed by atoms with Crippen molar-refractivity contribution in [3.8, 4) is 0 Å². The van der Waals surface area contributed by atoms with Crippen molar-refractivity contribution in [2.24, 2.45) is 0 Å². The third kappa shape index (κ3) is 2.08. The van der Waals surface area contributed by atoms with Crippen molar-refractivity contribution < 1.29 is 9.53 Å². The molecular weight excluding hydrogens is 204 g/mol. The maximum Gasteiger partial charge on any atom is 0.169 e. The molecule has 5 heteroatoms. The molecule has 0 N–H and O–H groups in total. The Hall–Kier alpha value is -1.00. The second kappa shape index (κ2) is 3.63. The monoisotopic (exact) mass is 212 g/mol. The number of rotatable bonds is 3. The molecule has 2 heterocycles. The van der Waals surface area contributed by atoms with Gasteiger partial charge >= 0.3 is 0 Å². The molecular formula is C9H9ClN2O2. The van der Waals surface area contributed by atoms with E-state index in [0.717, 1.165) is 5.56 Å². The molecule has 1 fully saturated rings. The van der Waals surface area contributed by atoms with E-state index in [1.54, 1.807) is 6.07 Å². The fourth-order valence-corrected chi connectivity index (χ4v) is 1.37. The molecule has 0 bridgehead atoms. The third-order valence-electron chi connectivity index (χ3n) is 2.09. The molecule has 2 rings (SSSR count). The lowest BCUT2D eigenvalue weighted by Crippen LogP contribution is -2.12. The predicted octanol–water partition coefficient (Wildman–Crippen LogP) is 0.949. The first kappa shape index (κ1) is 9.55. The molecule has 74 valence electrons. The molecule has 14 heavy (non-hydrogen) atoms. The van der Waals surface area contributed by atoms with Crippen molar-refractivity contribution in [3.05, 3.63) is 22.5 Å². The van der Waals surface area contributed by atoms with Gasteiger partial charge in [-0.1, -0.05) is 11.6 Å².